The summed E-state index contributed by atoms with van der Waals surface area (Å²) in [5.74, 6) is -0.899. The van der Waals surface area contributed by atoms with E-state index in [9.17, 15) is 9.18 Å². The lowest BCUT2D eigenvalue weighted by Gasteiger charge is -2.07. The number of hydrogen-bond acceptors (Lipinski definition) is 2. The first-order valence-corrected chi connectivity index (χ1v) is 7.29. The van der Waals surface area contributed by atoms with Crippen molar-refractivity contribution < 1.29 is 9.18 Å². The van der Waals surface area contributed by atoms with Crippen molar-refractivity contribution in [1.29, 1.82) is 0 Å². The summed E-state index contributed by atoms with van der Waals surface area (Å²) in [6.45, 7) is 1.95. The third kappa shape index (κ3) is 3.40. The van der Waals surface area contributed by atoms with Crippen LogP contribution in [0.3, 0.4) is 0 Å². The molecule has 0 atom stereocenters. The zero-order valence-electron chi connectivity index (χ0n) is 12.3. The minimum atomic E-state index is -0.575. The van der Waals surface area contributed by atoms with Gasteiger partial charge in [-0.05, 0) is 55.0 Å². The Hall–Kier alpha value is -2.66. The van der Waals surface area contributed by atoms with Gasteiger partial charge in [0.2, 0.25) is 0 Å². The van der Waals surface area contributed by atoms with Gasteiger partial charge < -0.3 is 5.32 Å². The zero-order valence-corrected chi connectivity index (χ0v) is 13.0. The van der Waals surface area contributed by atoms with Crippen LogP contribution in [0.5, 0.6) is 0 Å². The van der Waals surface area contributed by atoms with Crippen LogP contribution in [-0.2, 0) is 0 Å². The van der Waals surface area contributed by atoms with Crippen LogP contribution in [0.4, 0.5) is 10.1 Å². The molecule has 0 saturated heterocycles. The van der Waals surface area contributed by atoms with Gasteiger partial charge in [0.1, 0.15) is 5.82 Å². The summed E-state index contributed by atoms with van der Waals surface area (Å²) in [7, 11) is 0. The molecule has 0 fully saturated rings. The number of aromatic nitrogens is 2. The number of rotatable bonds is 3. The van der Waals surface area contributed by atoms with Crippen LogP contribution in [0.1, 0.15) is 15.9 Å². The molecule has 3 rings (SSSR count). The van der Waals surface area contributed by atoms with E-state index < -0.39 is 5.82 Å². The van der Waals surface area contributed by atoms with Gasteiger partial charge in [-0.3, -0.25) is 4.79 Å². The number of benzene rings is 2. The van der Waals surface area contributed by atoms with E-state index >= 15 is 0 Å². The fraction of sp³-hybridized carbons (Fsp3) is 0.0588. The van der Waals surface area contributed by atoms with Crippen molar-refractivity contribution in [2.24, 2.45) is 0 Å². The van der Waals surface area contributed by atoms with E-state index in [-0.39, 0.29) is 10.9 Å². The van der Waals surface area contributed by atoms with Crippen molar-refractivity contribution in [3.63, 3.8) is 0 Å². The van der Waals surface area contributed by atoms with Crippen LogP contribution < -0.4 is 5.32 Å². The molecule has 2 aromatic carbocycles. The molecular weight excluding hydrogens is 317 g/mol. The number of halogens is 2. The fourth-order valence-corrected chi connectivity index (χ4v) is 2.21. The minimum absolute atomic E-state index is 0.0156. The van der Waals surface area contributed by atoms with Gasteiger partial charge in [-0.25, -0.2) is 9.07 Å². The molecule has 0 aliphatic rings. The van der Waals surface area contributed by atoms with Crippen molar-refractivity contribution in [3.8, 4) is 5.69 Å². The van der Waals surface area contributed by atoms with Crippen molar-refractivity contribution >= 4 is 23.2 Å². The monoisotopic (exact) mass is 329 g/mol. The van der Waals surface area contributed by atoms with Gasteiger partial charge in [-0.2, -0.15) is 5.10 Å². The van der Waals surface area contributed by atoms with Crippen molar-refractivity contribution in [1.82, 2.24) is 9.78 Å². The number of nitrogens with one attached hydrogen (secondary N) is 1. The van der Waals surface area contributed by atoms with Gasteiger partial charge in [-0.15, -0.1) is 0 Å². The number of nitrogens with zero attached hydrogens (tertiary/aromatic N) is 2. The SMILES string of the molecule is Cc1cnn(-c2ccc(C(=O)Nc3ccc(Cl)c(F)c3)cc2)c1. The van der Waals surface area contributed by atoms with Crippen LogP contribution in [-0.4, -0.2) is 15.7 Å². The van der Waals surface area contributed by atoms with Gasteiger partial charge in [-0.1, -0.05) is 11.6 Å². The van der Waals surface area contributed by atoms with Gasteiger partial charge in [0.15, 0.2) is 0 Å². The maximum Gasteiger partial charge on any atom is 0.255 e. The summed E-state index contributed by atoms with van der Waals surface area (Å²) in [6.07, 6.45) is 3.65. The highest BCUT2D eigenvalue weighted by Gasteiger charge is 2.08. The molecule has 0 bridgehead atoms. The molecule has 1 N–H and O–H groups in total. The summed E-state index contributed by atoms with van der Waals surface area (Å²) in [5.41, 5.74) is 2.72. The Bertz CT molecular complexity index is 859. The topological polar surface area (TPSA) is 46.9 Å². The molecule has 1 aromatic heterocycles. The average molecular weight is 330 g/mol. The molecule has 23 heavy (non-hydrogen) atoms. The highest BCUT2D eigenvalue weighted by Crippen LogP contribution is 2.19. The maximum absolute atomic E-state index is 13.4. The van der Waals surface area contributed by atoms with Crippen LogP contribution in [0.2, 0.25) is 5.02 Å². The lowest BCUT2D eigenvalue weighted by Crippen LogP contribution is -2.12. The second-order valence-electron chi connectivity index (χ2n) is 5.09. The molecule has 0 unspecified atom stereocenters. The van der Waals surface area contributed by atoms with E-state index in [4.69, 9.17) is 11.6 Å². The minimum Gasteiger partial charge on any atom is -0.322 e. The van der Waals surface area contributed by atoms with Crippen LogP contribution >= 0.6 is 11.6 Å². The summed E-state index contributed by atoms with van der Waals surface area (Å²) in [4.78, 5) is 12.2. The summed E-state index contributed by atoms with van der Waals surface area (Å²) in [5, 5.41) is 6.85. The van der Waals surface area contributed by atoms with E-state index in [1.807, 2.05) is 13.1 Å². The first kappa shape index (κ1) is 15.2. The predicted octanol–water partition coefficient (Wildman–Crippen LogP) is 4.23. The van der Waals surface area contributed by atoms with Crippen LogP contribution in [0, 0.1) is 12.7 Å². The number of hydrogen-bond donors (Lipinski definition) is 1. The molecule has 1 heterocycles. The third-order valence-electron chi connectivity index (χ3n) is 3.28. The Labute approximate surface area is 137 Å². The van der Waals surface area contributed by atoms with E-state index in [0.29, 0.717) is 11.3 Å². The molecule has 0 spiro atoms. The zero-order chi connectivity index (χ0) is 16.4. The number of aryl methyl sites for hydroxylation is 1. The standard InChI is InChI=1S/C17H13ClFN3O/c1-11-9-20-22(10-11)14-5-2-12(3-6-14)17(23)21-13-4-7-15(18)16(19)8-13/h2-10H,1H3,(H,21,23). The molecule has 116 valence electrons. The van der Waals surface area contributed by atoms with Gasteiger partial charge in [0, 0.05) is 17.4 Å². The first-order chi connectivity index (χ1) is 11.0. The van der Waals surface area contributed by atoms with Crippen LogP contribution in [0.25, 0.3) is 5.69 Å². The number of anilines is 1. The van der Waals surface area contributed by atoms with Crippen LogP contribution in [0.15, 0.2) is 54.9 Å². The summed E-state index contributed by atoms with van der Waals surface area (Å²) in [6, 6.07) is 11.1. The molecule has 6 heteroatoms. The normalized spacial score (nSPS) is 10.6. The van der Waals surface area contributed by atoms with Gasteiger partial charge in [0.05, 0.1) is 16.9 Å². The number of amides is 1. The third-order valence-corrected chi connectivity index (χ3v) is 3.59. The second kappa shape index (κ2) is 6.22. The predicted molar refractivity (Wildman–Crippen MR) is 87.7 cm³/mol. The maximum atomic E-state index is 13.4. The molecule has 4 nitrogen and oxygen atoms in total. The highest BCUT2D eigenvalue weighted by molar-refractivity contribution is 6.30. The molecule has 0 saturated carbocycles. The quantitative estimate of drug-likeness (QED) is 0.781. The van der Waals surface area contributed by atoms with Gasteiger partial charge in [0.25, 0.3) is 5.91 Å². The smallest absolute Gasteiger partial charge is 0.255 e. The summed E-state index contributed by atoms with van der Waals surface area (Å²) >= 11 is 5.62. The first-order valence-electron chi connectivity index (χ1n) is 6.91. The van der Waals surface area contributed by atoms with Crippen molar-refractivity contribution in [3.05, 3.63) is 76.8 Å². The molecular formula is C17H13ClFN3O. The Morgan fingerprint density at radius 2 is 1.96 bits per heavy atom. The summed E-state index contributed by atoms with van der Waals surface area (Å²) < 4.78 is 15.1. The average Bonchev–Trinajstić information content (AvgIpc) is 2.97. The lowest BCUT2D eigenvalue weighted by atomic mass is 10.2. The van der Waals surface area contributed by atoms with Crippen molar-refractivity contribution in [2.45, 2.75) is 6.92 Å². The Morgan fingerprint density at radius 1 is 1.22 bits per heavy atom. The number of carbonyl (C=O) groups is 1. The molecule has 1 amide bonds. The van der Waals surface area contributed by atoms with E-state index in [0.717, 1.165) is 11.3 Å². The molecule has 0 aliphatic heterocycles. The van der Waals surface area contributed by atoms with Crippen molar-refractivity contribution in [2.75, 3.05) is 5.32 Å². The Balaban J connectivity index is 1.76. The number of carbonyl (C=O) groups excluding carboxylic acids is 1. The lowest BCUT2D eigenvalue weighted by molar-refractivity contribution is 0.102. The fourth-order valence-electron chi connectivity index (χ4n) is 2.10. The Morgan fingerprint density at radius 3 is 2.57 bits per heavy atom. The molecule has 0 aliphatic carbocycles. The molecule has 3 aromatic rings. The van der Waals surface area contributed by atoms with E-state index in [1.54, 1.807) is 41.2 Å². The van der Waals surface area contributed by atoms with E-state index in [2.05, 4.69) is 10.4 Å². The van der Waals surface area contributed by atoms with Gasteiger partial charge >= 0.3 is 0 Å². The molecule has 0 radical (unpaired) electrons. The highest BCUT2D eigenvalue weighted by atomic mass is 35.5. The Kier molecular flexibility index (Phi) is 4.12. The van der Waals surface area contributed by atoms with E-state index in [1.165, 1.54) is 12.1 Å². The largest absolute Gasteiger partial charge is 0.322 e. The second-order valence-corrected chi connectivity index (χ2v) is 5.50.